The molecule has 0 aliphatic carbocycles. The van der Waals surface area contributed by atoms with Crippen LogP contribution in [0, 0.1) is 0 Å². The first kappa shape index (κ1) is 20.4. The van der Waals surface area contributed by atoms with E-state index in [0.29, 0.717) is 0 Å². The predicted octanol–water partition coefficient (Wildman–Crippen LogP) is 4.86. The van der Waals surface area contributed by atoms with Gasteiger partial charge in [0.25, 0.3) is 0 Å². The molecule has 0 aliphatic rings. The van der Waals surface area contributed by atoms with E-state index in [0.717, 1.165) is 0 Å². The van der Waals surface area contributed by atoms with Crippen molar-refractivity contribution >= 4 is 16.5 Å². The summed E-state index contributed by atoms with van der Waals surface area (Å²) in [5.41, 5.74) is 0. The lowest BCUT2D eigenvalue weighted by Gasteiger charge is -2.30. The van der Waals surface area contributed by atoms with Gasteiger partial charge in [-0.15, -0.1) is 0 Å². The minimum Gasteiger partial charge on any atom is -0.329 e. The van der Waals surface area contributed by atoms with E-state index in [9.17, 15) is 0 Å². The third-order valence-electron chi connectivity index (χ3n) is 5.25. The Bertz CT molecular complexity index is 225. The second kappa shape index (κ2) is 9.39. The number of unbranched alkanes of at least 4 members (excludes halogenated alkanes) is 5. The van der Waals surface area contributed by atoms with Gasteiger partial charge in [0.2, 0.25) is 0 Å². The van der Waals surface area contributed by atoms with Gasteiger partial charge in [-0.3, -0.25) is 0 Å². The van der Waals surface area contributed by atoms with Gasteiger partial charge >= 0.3 is 0 Å². The van der Waals surface area contributed by atoms with Crippen LogP contribution in [0.2, 0.25) is 38.3 Å². The molecule has 0 aromatic rings. The highest BCUT2D eigenvalue weighted by atomic mass is 28.3. The standard InChI is InChI=1S/C16H40N2Si2/c1-17(2)19(5,6)15-13-11-9-10-12-14-16-20(7,8)18(3)4/h9-16H2,1-8H3. The van der Waals surface area contributed by atoms with Gasteiger partial charge in [0.05, 0.1) is 0 Å². The summed E-state index contributed by atoms with van der Waals surface area (Å²) in [6.45, 7) is 9.95. The summed E-state index contributed by atoms with van der Waals surface area (Å²) in [5, 5.41) is 0. The molecule has 0 aromatic carbocycles. The maximum atomic E-state index is 2.49. The highest BCUT2D eigenvalue weighted by Gasteiger charge is 2.23. The Morgan fingerprint density at radius 3 is 1.00 bits per heavy atom. The zero-order valence-electron chi connectivity index (χ0n) is 15.6. The van der Waals surface area contributed by atoms with E-state index in [1.807, 2.05) is 0 Å². The molecule has 4 heteroatoms. The molecule has 0 saturated heterocycles. The number of nitrogens with zero attached hydrogens (tertiary/aromatic N) is 2. The third-order valence-corrected chi connectivity index (χ3v) is 13.2. The second-order valence-corrected chi connectivity index (χ2v) is 18.1. The fourth-order valence-electron chi connectivity index (χ4n) is 2.27. The third kappa shape index (κ3) is 8.60. The Morgan fingerprint density at radius 1 is 0.500 bits per heavy atom. The number of rotatable bonds is 11. The second-order valence-electron chi connectivity index (χ2n) is 8.04. The van der Waals surface area contributed by atoms with Crippen LogP contribution in [0.15, 0.2) is 0 Å². The number of hydrogen-bond donors (Lipinski definition) is 0. The predicted molar refractivity (Wildman–Crippen MR) is 99.7 cm³/mol. The molecular weight excluding hydrogens is 276 g/mol. The summed E-state index contributed by atoms with van der Waals surface area (Å²) >= 11 is 0. The fourth-order valence-corrected chi connectivity index (χ4v) is 5.39. The topological polar surface area (TPSA) is 6.48 Å². The zero-order valence-corrected chi connectivity index (χ0v) is 17.6. The molecule has 0 bridgehead atoms. The van der Waals surface area contributed by atoms with Crippen molar-refractivity contribution in [1.29, 1.82) is 0 Å². The summed E-state index contributed by atoms with van der Waals surface area (Å²) in [7, 11) is 6.89. The van der Waals surface area contributed by atoms with Crippen LogP contribution in [0.4, 0.5) is 0 Å². The zero-order chi connectivity index (χ0) is 15.8. The molecule has 0 heterocycles. The van der Waals surface area contributed by atoms with Gasteiger partial charge in [-0.05, 0) is 40.3 Å². The van der Waals surface area contributed by atoms with Crippen LogP contribution in [-0.2, 0) is 0 Å². The molecule has 0 N–H and O–H groups in total. The average molecular weight is 317 g/mol. The molecule has 0 spiro atoms. The Labute approximate surface area is 131 Å². The highest BCUT2D eigenvalue weighted by molar-refractivity contribution is 6.74. The molecule has 0 unspecified atom stereocenters. The molecule has 0 fully saturated rings. The molecule has 0 amide bonds. The van der Waals surface area contributed by atoms with Gasteiger partial charge in [-0.1, -0.05) is 64.7 Å². The van der Waals surface area contributed by atoms with Crippen molar-refractivity contribution in [1.82, 2.24) is 9.13 Å². The van der Waals surface area contributed by atoms with Gasteiger partial charge < -0.3 is 9.13 Å². The average Bonchev–Trinajstić information content (AvgIpc) is 2.31. The summed E-state index contributed by atoms with van der Waals surface area (Å²) in [4.78, 5) is 0. The Morgan fingerprint density at radius 2 is 0.750 bits per heavy atom. The SMILES string of the molecule is CN(C)[Si](C)(C)CCCCCCCC[Si](C)(C)N(C)C. The Hall–Kier alpha value is 0.354. The first-order valence-corrected chi connectivity index (χ1v) is 14.8. The van der Waals surface area contributed by atoms with Crippen LogP contribution < -0.4 is 0 Å². The van der Waals surface area contributed by atoms with Gasteiger partial charge in [0.15, 0.2) is 0 Å². The van der Waals surface area contributed by atoms with Crippen LogP contribution in [0.5, 0.6) is 0 Å². The van der Waals surface area contributed by atoms with E-state index in [1.54, 1.807) is 0 Å². The molecule has 0 rings (SSSR count). The van der Waals surface area contributed by atoms with Crippen LogP contribution in [0.3, 0.4) is 0 Å². The lowest BCUT2D eigenvalue weighted by atomic mass is 10.1. The minimum absolute atomic E-state index is 1.06. The monoisotopic (exact) mass is 316 g/mol. The van der Waals surface area contributed by atoms with Crippen molar-refractivity contribution in [3.8, 4) is 0 Å². The fraction of sp³-hybridized carbons (Fsp3) is 1.00. The maximum absolute atomic E-state index is 2.49. The van der Waals surface area contributed by atoms with Crippen LogP contribution >= 0.6 is 0 Å². The van der Waals surface area contributed by atoms with Crippen molar-refractivity contribution in [2.24, 2.45) is 0 Å². The van der Waals surface area contributed by atoms with Crippen molar-refractivity contribution in [3.63, 3.8) is 0 Å². The summed E-state index contributed by atoms with van der Waals surface area (Å²) < 4.78 is 4.97. The lowest BCUT2D eigenvalue weighted by Crippen LogP contribution is -2.43. The van der Waals surface area contributed by atoms with Crippen molar-refractivity contribution in [2.75, 3.05) is 28.2 Å². The van der Waals surface area contributed by atoms with E-state index in [-0.39, 0.29) is 0 Å². The van der Waals surface area contributed by atoms with Crippen LogP contribution in [-0.4, -0.2) is 53.8 Å². The first-order valence-electron chi connectivity index (χ1n) is 8.44. The molecular formula is C16H40N2Si2. The van der Waals surface area contributed by atoms with Gasteiger partial charge in [-0.25, -0.2) is 0 Å². The van der Waals surface area contributed by atoms with Gasteiger partial charge in [0, 0.05) is 0 Å². The summed E-state index contributed by atoms with van der Waals surface area (Å²) in [5.74, 6) is 0. The van der Waals surface area contributed by atoms with E-state index < -0.39 is 16.5 Å². The van der Waals surface area contributed by atoms with Gasteiger partial charge in [0.1, 0.15) is 16.5 Å². The quantitative estimate of drug-likeness (QED) is 0.397. The minimum atomic E-state index is -1.06. The largest absolute Gasteiger partial charge is 0.329 e. The Balaban J connectivity index is 3.51. The number of hydrogen-bond acceptors (Lipinski definition) is 2. The normalized spacial score (nSPS) is 13.5. The highest BCUT2D eigenvalue weighted by Crippen LogP contribution is 2.20. The molecule has 122 valence electrons. The molecule has 0 aliphatic heterocycles. The molecule has 20 heavy (non-hydrogen) atoms. The first-order chi connectivity index (χ1) is 9.09. The smallest absolute Gasteiger partial charge is 0.121 e. The van der Waals surface area contributed by atoms with Crippen molar-refractivity contribution < 1.29 is 0 Å². The molecule has 0 aromatic heterocycles. The van der Waals surface area contributed by atoms with Crippen LogP contribution in [0.25, 0.3) is 0 Å². The van der Waals surface area contributed by atoms with E-state index >= 15 is 0 Å². The Kier molecular flexibility index (Phi) is 9.55. The molecule has 0 saturated carbocycles. The molecule has 2 nitrogen and oxygen atoms in total. The molecule has 0 atom stereocenters. The van der Waals surface area contributed by atoms with E-state index in [4.69, 9.17) is 0 Å². The molecule has 0 radical (unpaired) electrons. The van der Waals surface area contributed by atoms with E-state index in [1.165, 1.54) is 50.6 Å². The maximum Gasteiger partial charge on any atom is 0.121 e. The summed E-state index contributed by atoms with van der Waals surface area (Å²) in [6.07, 6.45) is 8.66. The van der Waals surface area contributed by atoms with E-state index in [2.05, 4.69) is 63.5 Å². The van der Waals surface area contributed by atoms with Crippen LogP contribution in [0.1, 0.15) is 38.5 Å². The van der Waals surface area contributed by atoms with Crippen molar-refractivity contribution in [2.45, 2.75) is 76.8 Å². The summed E-state index contributed by atoms with van der Waals surface area (Å²) in [6, 6.07) is 2.92. The lowest BCUT2D eigenvalue weighted by molar-refractivity contribution is 0.579. The van der Waals surface area contributed by atoms with Gasteiger partial charge in [-0.2, -0.15) is 0 Å². The van der Waals surface area contributed by atoms with Crippen molar-refractivity contribution in [3.05, 3.63) is 0 Å².